The third-order valence-corrected chi connectivity index (χ3v) is 8.73. The van der Waals surface area contributed by atoms with E-state index in [0.717, 1.165) is 0 Å². The van der Waals surface area contributed by atoms with Gasteiger partial charge in [0, 0.05) is 32.6 Å². The predicted molar refractivity (Wildman–Crippen MR) is 172 cm³/mol. The largest absolute Gasteiger partial charge is 0.335 e. The van der Waals surface area contributed by atoms with Crippen LogP contribution in [0.4, 0.5) is 0 Å². The molecule has 0 amide bonds. The Morgan fingerprint density at radius 2 is 1.41 bits per heavy atom. The van der Waals surface area contributed by atoms with Crippen LogP contribution in [0.3, 0.4) is 0 Å². The number of nitrogens with zero attached hydrogens (tertiary/aromatic N) is 1. The van der Waals surface area contributed by atoms with Crippen molar-refractivity contribution < 1.29 is 0 Å². The van der Waals surface area contributed by atoms with Crippen LogP contribution in [0.2, 0.25) is 0 Å². The zero-order chi connectivity index (χ0) is 27.3. The van der Waals surface area contributed by atoms with E-state index in [1.54, 1.807) is 6.08 Å². The number of hydrogen-bond donors (Lipinski definition) is 0. The van der Waals surface area contributed by atoms with Gasteiger partial charge >= 0.3 is 0 Å². The summed E-state index contributed by atoms with van der Waals surface area (Å²) in [4.78, 5) is 0. The maximum Gasteiger partial charge on any atom is 0.0576 e. The van der Waals surface area contributed by atoms with Gasteiger partial charge < -0.3 is 4.57 Å². The van der Waals surface area contributed by atoms with Gasteiger partial charge in [-0.1, -0.05) is 92.7 Å². The van der Waals surface area contributed by atoms with Gasteiger partial charge in [0.05, 0.1) is 5.52 Å². The van der Waals surface area contributed by atoms with Crippen molar-refractivity contribution in [2.45, 2.75) is 52.5 Å². The number of benzene rings is 6. The van der Waals surface area contributed by atoms with Crippen molar-refractivity contribution in [1.29, 1.82) is 0 Å². The fraction of sp³-hybridized carbons (Fsp3) is 0.211. The summed E-state index contributed by atoms with van der Waals surface area (Å²) in [6.45, 7) is 17.1. The van der Waals surface area contributed by atoms with E-state index >= 15 is 0 Å². The zero-order valence-electron chi connectivity index (χ0n) is 23.8. The zero-order valence-corrected chi connectivity index (χ0v) is 23.8. The number of allylic oxidation sites excluding steroid dienone is 1. The van der Waals surface area contributed by atoms with Crippen molar-refractivity contribution in [3.63, 3.8) is 0 Å². The quantitative estimate of drug-likeness (QED) is 0.143. The summed E-state index contributed by atoms with van der Waals surface area (Å²) in [5.74, 6) is 0. The summed E-state index contributed by atoms with van der Waals surface area (Å²) in [6, 6.07) is 32.1. The number of aromatic nitrogens is 1. The first-order chi connectivity index (χ1) is 18.7. The van der Waals surface area contributed by atoms with Crippen LogP contribution in [0.5, 0.6) is 0 Å². The molecule has 192 valence electrons. The minimum Gasteiger partial charge on any atom is -0.335 e. The highest BCUT2D eigenvalue weighted by molar-refractivity contribution is 6.34. The lowest BCUT2D eigenvalue weighted by atomic mass is 9.78. The van der Waals surface area contributed by atoms with Crippen molar-refractivity contribution in [3.05, 3.63) is 109 Å². The molecule has 1 aromatic heterocycles. The van der Waals surface area contributed by atoms with E-state index in [-0.39, 0.29) is 11.0 Å². The molecule has 0 fully saturated rings. The Morgan fingerprint density at radius 1 is 0.718 bits per heavy atom. The molecule has 0 bridgehead atoms. The van der Waals surface area contributed by atoms with E-state index in [1.165, 1.54) is 76.4 Å². The van der Waals surface area contributed by atoms with Crippen LogP contribution in [-0.4, -0.2) is 4.57 Å². The smallest absolute Gasteiger partial charge is 0.0576 e. The second-order valence-electron chi connectivity index (χ2n) is 12.6. The van der Waals surface area contributed by atoms with Crippen molar-refractivity contribution in [2.75, 3.05) is 0 Å². The number of para-hydroxylation sites is 1. The number of hydrogen-bond acceptors (Lipinski definition) is 0. The molecule has 0 unspecified atom stereocenters. The second-order valence-corrected chi connectivity index (χ2v) is 12.6. The lowest BCUT2D eigenvalue weighted by molar-refractivity contribution is 0.424. The van der Waals surface area contributed by atoms with Crippen LogP contribution in [0, 0.1) is 0 Å². The van der Waals surface area contributed by atoms with Gasteiger partial charge in [-0.2, -0.15) is 0 Å². The molecule has 0 spiro atoms. The highest BCUT2D eigenvalue weighted by Crippen LogP contribution is 2.57. The highest BCUT2D eigenvalue weighted by Gasteiger charge is 2.39. The summed E-state index contributed by atoms with van der Waals surface area (Å²) >= 11 is 0. The molecular weight excluding hydrogens is 470 g/mol. The van der Waals surface area contributed by atoms with Gasteiger partial charge in [0.1, 0.15) is 0 Å². The van der Waals surface area contributed by atoms with E-state index < -0.39 is 0 Å². The summed E-state index contributed by atoms with van der Waals surface area (Å²) in [5.41, 5.74) is 8.31. The molecule has 1 aliphatic rings. The molecular formula is C38H35N. The van der Waals surface area contributed by atoms with Crippen LogP contribution in [0.1, 0.15) is 52.7 Å². The van der Waals surface area contributed by atoms with Crippen LogP contribution in [-0.2, 0) is 11.0 Å². The van der Waals surface area contributed by atoms with Crippen LogP contribution in [0.15, 0.2) is 97.6 Å². The molecule has 0 aliphatic heterocycles. The molecule has 1 aliphatic carbocycles. The van der Waals surface area contributed by atoms with E-state index in [9.17, 15) is 0 Å². The van der Waals surface area contributed by atoms with E-state index in [0.29, 0.717) is 0 Å². The van der Waals surface area contributed by atoms with Gasteiger partial charge in [-0.15, -0.1) is 6.58 Å². The van der Waals surface area contributed by atoms with Gasteiger partial charge in [-0.25, -0.2) is 0 Å². The lowest BCUT2D eigenvalue weighted by Gasteiger charge is -2.27. The maximum absolute atomic E-state index is 3.36. The van der Waals surface area contributed by atoms with Crippen molar-refractivity contribution in [1.82, 2.24) is 4.57 Å². The summed E-state index contributed by atoms with van der Waals surface area (Å²) in [5, 5.41) is 11.0. The van der Waals surface area contributed by atoms with Gasteiger partial charge in [0.15, 0.2) is 0 Å². The SMILES string of the molecule is C=CC.CC1(C)c2ccccc2-c2c1c1cc3c4ccccc4n(C(C)(C)C)c3c3ccc4cccc2c4c13. The van der Waals surface area contributed by atoms with Gasteiger partial charge in [0.2, 0.25) is 0 Å². The van der Waals surface area contributed by atoms with Crippen LogP contribution < -0.4 is 0 Å². The van der Waals surface area contributed by atoms with Gasteiger partial charge in [-0.05, 0) is 89.0 Å². The van der Waals surface area contributed by atoms with Crippen molar-refractivity contribution in [2.24, 2.45) is 0 Å². The fourth-order valence-corrected chi connectivity index (χ4v) is 7.43. The number of fused-ring (bicyclic) bond motifs is 9. The third kappa shape index (κ3) is 3.02. The standard InChI is InChI=1S/C35H29N.C3H6/c1-34(2,3)36-28-16-9-7-12-21(28)25-19-26-30-24(33(25)36)18-17-20-11-10-14-23(29(20)30)31-22-13-6-8-15-27(22)35(4,5)32(26)31;1-3-2/h6-19H,1-5H3;3H,1H2,2H3. The molecule has 0 saturated heterocycles. The lowest BCUT2D eigenvalue weighted by Crippen LogP contribution is -2.21. The third-order valence-electron chi connectivity index (χ3n) is 8.73. The molecule has 8 rings (SSSR count). The van der Waals surface area contributed by atoms with E-state index in [2.05, 4.69) is 131 Å². The Labute approximate surface area is 230 Å². The van der Waals surface area contributed by atoms with E-state index in [1.807, 2.05) is 6.92 Å². The first-order valence-corrected chi connectivity index (χ1v) is 14.0. The molecule has 1 heteroatoms. The average Bonchev–Trinajstić information content (AvgIpc) is 3.38. The Kier molecular flexibility index (Phi) is 4.89. The Hall–Kier alpha value is -4.10. The van der Waals surface area contributed by atoms with E-state index in [4.69, 9.17) is 0 Å². The molecule has 39 heavy (non-hydrogen) atoms. The van der Waals surface area contributed by atoms with Crippen LogP contribution in [0.25, 0.3) is 65.3 Å². The Bertz CT molecular complexity index is 2090. The summed E-state index contributed by atoms with van der Waals surface area (Å²) in [7, 11) is 0. The van der Waals surface area contributed by atoms with Crippen molar-refractivity contribution in [3.8, 4) is 11.1 Å². The fourth-order valence-electron chi connectivity index (χ4n) is 7.43. The van der Waals surface area contributed by atoms with Gasteiger partial charge in [-0.3, -0.25) is 0 Å². The molecule has 7 aromatic rings. The molecule has 6 aromatic carbocycles. The maximum atomic E-state index is 3.36. The molecule has 1 nitrogen and oxygen atoms in total. The molecule has 0 atom stereocenters. The number of rotatable bonds is 0. The van der Waals surface area contributed by atoms with Crippen LogP contribution >= 0.6 is 0 Å². The minimum atomic E-state index is -0.0649. The molecule has 0 N–H and O–H groups in total. The molecule has 1 heterocycles. The average molecular weight is 506 g/mol. The summed E-state index contributed by atoms with van der Waals surface area (Å²) < 4.78 is 2.57. The Morgan fingerprint density at radius 3 is 2.18 bits per heavy atom. The minimum absolute atomic E-state index is 0.0400. The summed E-state index contributed by atoms with van der Waals surface area (Å²) in [6.07, 6.45) is 1.75. The predicted octanol–water partition coefficient (Wildman–Crippen LogP) is 10.9. The topological polar surface area (TPSA) is 4.93 Å². The van der Waals surface area contributed by atoms with Gasteiger partial charge in [0.25, 0.3) is 0 Å². The molecule has 0 saturated carbocycles. The molecule has 0 radical (unpaired) electrons. The first kappa shape index (κ1) is 24.0. The normalized spacial score (nSPS) is 14.2. The second kappa shape index (κ2) is 7.96. The highest BCUT2D eigenvalue weighted by atomic mass is 15.0. The first-order valence-electron chi connectivity index (χ1n) is 14.0. The van der Waals surface area contributed by atoms with Crippen molar-refractivity contribution >= 4 is 54.1 Å². The monoisotopic (exact) mass is 505 g/mol. The Balaban J connectivity index is 0.000000809.